The number of hydrogen-bond donors (Lipinski definition) is 2. The first-order valence-corrected chi connectivity index (χ1v) is 9.32. The highest BCUT2D eigenvalue weighted by Gasteiger charge is 2.07. The summed E-state index contributed by atoms with van der Waals surface area (Å²) in [7, 11) is 0. The molecular weight excluding hydrogens is 346 g/mol. The minimum absolute atomic E-state index is 0.145. The number of hydrogen-bond acceptors (Lipinski definition) is 3. The highest BCUT2D eigenvalue weighted by molar-refractivity contribution is 6.05. The van der Waals surface area contributed by atoms with Crippen LogP contribution in [0, 0.1) is 0 Å². The number of fused-ring (bicyclic) bond motifs is 1. The molecule has 1 heterocycles. The Morgan fingerprint density at radius 2 is 1.57 bits per heavy atom. The van der Waals surface area contributed by atoms with Gasteiger partial charge in [-0.3, -0.25) is 9.78 Å². The third-order valence-corrected chi connectivity index (χ3v) is 4.58. The van der Waals surface area contributed by atoms with Gasteiger partial charge in [-0.2, -0.15) is 0 Å². The van der Waals surface area contributed by atoms with Crippen LogP contribution in [0.15, 0.2) is 91.1 Å². The van der Waals surface area contributed by atoms with E-state index in [1.807, 2.05) is 72.8 Å². The van der Waals surface area contributed by atoms with Crippen molar-refractivity contribution >= 4 is 28.2 Å². The SMILES string of the molecule is O=C(Nc1cnc2ccccc2c1)c1ccc(NCCc2ccccc2)cc1. The molecule has 0 aliphatic carbocycles. The second-order valence-electron chi connectivity index (χ2n) is 6.61. The first-order chi connectivity index (χ1) is 13.8. The third-order valence-electron chi connectivity index (χ3n) is 4.58. The molecular formula is C24H21N3O. The van der Waals surface area contributed by atoms with Crippen molar-refractivity contribution in [3.05, 3.63) is 102 Å². The predicted molar refractivity (Wildman–Crippen MR) is 115 cm³/mol. The molecule has 0 atom stereocenters. The fourth-order valence-corrected chi connectivity index (χ4v) is 3.08. The lowest BCUT2D eigenvalue weighted by molar-refractivity contribution is 0.102. The summed E-state index contributed by atoms with van der Waals surface area (Å²) < 4.78 is 0. The zero-order chi connectivity index (χ0) is 19.2. The second-order valence-corrected chi connectivity index (χ2v) is 6.61. The molecule has 4 nitrogen and oxygen atoms in total. The van der Waals surface area contributed by atoms with E-state index in [2.05, 4.69) is 27.8 Å². The van der Waals surface area contributed by atoms with E-state index in [4.69, 9.17) is 0 Å². The molecule has 0 aliphatic rings. The number of nitrogens with zero attached hydrogens (tertiary/aromatic N) is 1. The molecule has 0 fully saturated rings. The summed E-state index contributed by atoms with van der Waals surface area (Å²) in [6.07, 6.45) is 2.64. The summed E-state index contributed by atoms with van der Waals surface area (Å²) in [6.45, 7) is 0.846. The van der Waals surface area contributed by atoms with E-state index >= 15 is 0 Å². The van der Waals surface area contributed by atoms with Crippen LogP contribution in [0.25, 0.3) is 10.9 Å². The number of rotatable bonds is 6. The van der Waals surface area contributed by atoms with Crippen LogP contribution in [-0.2, 0) is 6.42 Å². The maximum absolute atomic E-state index is 12.5. The molecule has 28 heavy (non-hydrogen) atoms. The Balaban J connectivity index is 1.35. The summed E-state index contributed by atoms with van der Waals surface area (Å²) in [5.74, 6) is -0.145. The van der Waals surface area contributed by atoms with Crippen molar-refractivity contribution < 1.29 is 4.79 Å². The van der Waals surface area contributed by atoms with Gasteiger partial charge in [0.25, 0.3) is 5.91 Å². The maximum Gasteiger partial charge on any atom is 0.255 e. The van der Waals surface area contributed by atoms with Gasteiger partial charge in [-0.25, -0.2) is 0 Å². The largest absolute Gasteiger partial charge is 0.385 e. The molecule has 4 heteroatoms. The molecule has 0 bridgehead atoms. The molecule has 0 saturated carbocycles. The summed E-state index contributed by atoms with van der Waals surface area (Å²) in [5.41, 5.74) is 4.51. The monoisotopic (exact) mass is 367 g/mol. The van der Waals surface area contributed by atoms with Crippen molar-refractivity contribution in [2.24, 2.45) is 0 Å². The van der Waals surface area contributed by atoms with E-state index < -0.39 is 0 Å². The number of benzene rings is 3. The molecule has 4 rings (SSSR count). The number of aromatic nitrogens is 1. The van der Waals surface area contributed by atoms with Gasteiger partial charge in [0.15, 0.2) is 0 Å². The molecule has 3 aromatic carbocycles. The van der Waals surface area contributed by atoms with Gasteiger partial charge < -0.3 is 10.6 Å². The van der Waals surface area contributed by atoms with Crippen molar-refractivity contribution in [1.82, 2.24) is 4.98 Å². The molecule has 0 saturated heterocycles. The van der Waals surface area contributed by atoms with Crippen molar-refractivity contribution in [3.63, 3.8) is 0 Å². The highest BCUT2D eigenvalue weighted by Crippen LogP contribution is 2.17. The van der Waals surface area contributed by atoms with Crippen LogP contribution in [0.2, 0.25) is 0 Å². The van der Waals surface area contributed by atoms with E-state index in [-0.39, 0.29) is 5.91 Å². The van der Waals surface area contributed by atoms with Gasteiger partial charge in [0.2, 0.25) is 0 Å². The Hall–Kier alpha value is -3.66. The zero-order valence-corrected chi connectivity index (χ0v) is 15.4. The van der Waals surface area contributed by atoms with Gasteiger partial charge in [-0.05, 0) is 48.4 Å². The minimum atomic E-state index is -0.145. The maximum atomic E-state index is 12.5. The summed E-state index contributed by atoms with van der Waals surface area (Å²) in [6, 6.07) is 27.6. The summed E-state index contributed by atoms with van der Waals surface area (Å²) >= 11 is 0. The summed E-state index contributed by atoms with van der Waals surface area (Å²) in [5, 5.41) is 7.30. The lowest BCUT2D eigenvalue weighted by Crippen LogP contribution is -2.12. The molecule has 1 aromatic heterocycles. The third kappa shape index (κ3) is 4.35. The quantitative estimate of drug-likeness (QED) is 0.496. The molecule has 0 spiro atoms. The topological polar surface area (TPSA) is 54.0 Å². The van der Waals surface area contributed by atoms with Crippen LogP contribution in [0.5, 0.6) is 0 Å². The van der Waals surface area contributed by atoms with E-state index in [9.17, 15) is 4.79 Å². The van der Waals surface area contributed by atoms with Crippen LogP contribution < -0.4 is 10.6 Å². The number of carbonyl (C=O) groups is 1. The van der Waals surface area contributed by atoms with Gasteiger partial charge in [-0.15, -0.1) is 0 Å². The molecule has 1 amide bonds. The number of anilines is 2. The van der Waals surface area contributed by atoms with Gasteiger partial charge in [0, 0.05) is 23.2 Å². The normalized spacial score (nSPS) is 10.6. The lowest BCUT2D eigenvalue weighted by Gasteiger charge is -2.09. The van der Waals surface area contributed by atoms with Crippen LogP contribution >= 0.6 is 0 Å². The Morgan fingerprint density at radius 3 is 2.39 bits per heavy atom. The Labute approximate surface area is 164 Å². The van der Waals surface area contributed by atoms with Crippen LogP contribution in [0.3, 0.4) is 0 Å². The fraction of sp³-hybridized carbons (Fsp3) is 0.0833. The van der Waals surface area contributed by atoms with Crippen LogP contribution in [0.1, 0.15) is 15.9 Å². The number of para-hydroxylation sites is 1. The number of carbonyl (C=O) groups excluding carboxylic acids is 1. The first kappa shape index (κ1) is 17.7. The number of pyridine rings is 1. The standard InChI is InChI=1S/C24H21N3O/c28-24(27-22-16-20-8-4-5-9-23(20)26-17-22)19-10-12-21(13-11-19)25-15-14-18-6-2-1-3-7-18/h1-13,16-17,25H,14-15H2,(H,27,28). The van der Waals surface area contributed by atoms with Crippen molar-refractivity contribution in [2.75, 3.05) is 17.2 Å². The molecule has 0 radical (unpaired) electrons. The van der Waals surface area contributed by atoms with Gasteiger partial charge in [-0.1, -0.05) is 48.5 Å². The molecule has 4 aromatic rings. The van der Waals surface area contributed by atoms with E-state index in [1.54, 1.807) is 6.20 Å². The number of amides is 1. The minimum Gasteiger partial charge on any atom is -0.385 e. The highest BCUT2D eigenvalue weighted by atomic mass is 16.1. The Bertz CT molecular complexity index is 1080. The van der Waals surface area contributed by atoms with Crippen LogP contribution in [-0.4, -0.2) is 17.4 Å². The van der Waals surface area contributed by atoms with Crippen molar-refractivity contribution in [2.45, 2.75) is 6.42 Å². The van der Waals surface area contributed by atoms with Crippen molar-refractivity contribution in [3.8, 4) is 0 Å². The van der Waals surface area contributed by atoms with E-state index in [0.29, 0.717) is 11.3 Å². The van der Waals surface area contributed by atoms with E-state index in [0.717, 1.165) is 29.6 Å². The fourth-order valence-electron chi connectivity index (χ4n) is 3.08. The average Bonchev–Trinajstić information content (AvgIpc) is 2.75. The van der Waals surface area contributed by atoms with E-state index in [1.165, 1.54) is 5.56 Å². The Morgan fingerprint density at radius 1 is 0.821 bits per heavy atom. The van der Waals surface area contributed by atoms with Gasteiger partial charge >= 0.3 is 0 Å². The molecule has 2 N–H and O–H groups in total. The first-order valence-electron chi connectivity index (χ1n) is 9.32. The summed E-state index contributed by atoms with van der Waals surface area (Å²) in [4.78, 5) is 16.9. The van der Waals surface area contributed by atoms with Crippen molar-refractivity contribution in [1.29, 1.82) is 0 Å². The molecule has 0 aliphatic heterocycles. The second kappa shape index (κ2) is 8.35. The predicted octanol–water partition coefficient (Wildman–Crippen LogP) is 5.14. The molecule has 0 unspecified atom stereocenters. The van der Waals surface area contributed by atoms with Gasteiger partial charge in [0.1, 0.15) is 0 Å². The lowest BCUT2D eigenvalue weighted by atomic mass is 10.1. The average molecular weight is 367 g/mol. The Kier molecular flexibility index (Phi) is 5.29. The molecule has 138 valence electrons. The smallest absolute Gasteiger partial charge is 0.255 e. The van der Waals surface area contributed by atoms with Crippen LogP contribution in [0.4, 0.5) is 11.4 Å². The van der Waals surface area contributed by atoms with Gasteiger partial charge in [0.05, 0.1) is 17.4 Å². The number of nitrogens with one attached hydrogen (secondary N) is 2. The zero-order valence-electron chi connectivity index (χ0n) is 15.4.